The van der Waals surface area contributed by atoms with Crippen molar-refractivity contribution >= 4 is 11.5 Å². The van der Waals surface area contributed by atoms with Crippen molar-refractivity contribution in [1.82, 2.24) is 10.9 Å². The lowest BCUT2D eigenvalue weighted by atomic mass is 10.3. The minimum atomic E-state index is 0.733. The first kappa shape index (κ1) is 9.02. The molecular formula is C10H14N4. The van der Waals surface area contributed by atoms with Crippen LogP contribution in [0.2, 0.25) is 0 Å². The molecule has 0 unspecified atom stereocenters. The zero-order valence-corrected chi connectivity index (χ0v) is 7.96. The van der Waals surface area contributed by atoms with Gasteiger partial charge in [-0.05, 0) is 12.1 Å². The Morgan fingerprint density at radius 2 is 2.14 bits per heavy atom. The maximum atomic E-state index is 4.33. The molecule has 2 rings (SSSR count). The molecule has 0 bridgehead atoms. The Balaban J connectivity index is 1.85. The Hall–Kier alpha value is -1.55. The fourth-order valence-corrected chi connectivity index (χ4v) is 1.29. The van der Waals surface area contributed by atoms with E-state index in [1.807, 2.05) is 30.3 Å². The smallest absolute Gasteiger partial charge is 0.130 e. The average Bonchev–Trinajstić information content (AvgIpc) is 2.29. The Morgan fingerprint density at radius 3 is 2.86 bits per heavy atom. The van der Waals surface area contributed by atoms with Gasteiger partial charge in [-0.15, -0.1) is 0 Å². The van der Waals surface area contributed by atoms with E-state index in [1.54, 1.807) is 0 Å². The Morgan fingerprint density at radius 1 is 1.29 bits per heavy atom. The van der Waals surface area contributed by atoms with E-state index in [1.165, 1.54) is 0 Å². The molecule has 1 aromatic carbocycles. The minimum Gasteiger partial charge on any atom is -0.378 e. The van der Waals surface area contributed by atoms with Gasteiger partial charge in [0.2, 0.25) is 0 Å². The zero-order valence-electron chi connectivity index (χ0n) is 7.96. The molecule has 0 radical (unpaired) electrons. The van der Waals surface area contributed by atoms with Crippen LogP contribution in [0.3, 0.4) is 0 Å². The highest BCUT2D eigenvalue weighted by atomic mass is 15.4. The largest absolute Gasteiger partial charge is 0.378 e. The van der Waals surface area contributed by atoms with Gasteiger partial charge in [0.25, 0.3) is 0 Å². The third kappa shape index (κ3) is 2.47. The Labute approximate surface area is 83.4 Å². The van der Waals surface area contributed by atoms with Crippen molar-refractivity contribution in [3.63, 3.8) is 0 Å². The van der Waals surface area contributed by atoms with Gasteiger partial charge in [0.1, 0.15) is 5.84 Å². The van der Waals surface area contributed by atoms with Gasteiger partial charge in [-0.1, -0.05) is 18.2 Å². The lowest BCUT2D eigenvalue weighted by Crippen LogP contribution is -2.45. The highest BCUT2D eigenvalue weighted by Gasteiger charge is 2.01. The number of hydrogen-bond donors (Lipinski definition) is 3. The Kier molecular flexibility index (Phi) is 2.98. The quantitative estimate of drug-likeness (QED) is 0.654. The lowest BCUT2D eigenvalue weighted by Gasteiger charge is -2.16. The van der Waals surface area contributed by atoms with Crippen LogP contribution in [-0.2, 0) is 0 Å². The van der Waals surface area contributed by atoms with Crippen LogP contribution in [0.15, 0.2) is 35.3 Å². The summed E-state index contributed by atoms with van der Waals surface area (Å²) in [6.07, 6.45) is 0. The molecule has 0 aliphatic carbocycles. The van der Waals surface area contributed by atoms with E-state index in [0.29, 0.717) is 0 Å². The lowest BCUT2D eigenvalue weighted by molar-refractivity contribution is 0.622. The summed E-state index contributed by atoms with van der Waals surface area (Å²) in [4.78, 5) is 4.33. The third-order valence-corrected chi connectivity index (χ3v) is 2.01. The van der Waals surface area contributed by atoms with Crippen LogP contribution in [0.4, 0.5) is 5.69 Å². The number of para-hydroxylation sites is 1. The molecular weight excluding hydrogens is 176 g/mol. The second-order valence-electron chi connectivity index (χ2n) is 3.10. The highest BCUT2D eigenvalue weighted by molar-refractivity contribution is 5.86. The molecule has 4 nitrogen and oxygen atoms in total. The maximum absolute atomic E-state index is 4.33. The molecule has 14 heavy (non-hydrogen) atoms. The molecule has 0 amide bonds. The number of rotatable bonds is 3. The molecule has 74 valence electrons. The SMILES string of the molecule is c1ccc(NCC2=NCCNN2)cc1. The molecule has 3 N–H and O–H groups in total. The number of hydrazine groups is 1. The number of aliphatic imine (C=N–C) groups is 1. The molecule has 4 heteroatoms. The van der Waals surface area contributed by atoms with Crippen LogP contribution in [-0.4, -0.2) is 25.5 Å². The first-order chi connectivity index (χ1) is 6.95. The average molecular weight is 190 g/mol. The van der Waals surface area contributed by atoms with Crippen LogP contribution in [0.5, 0.6) is 0 Å². The van der Waals surface area contributed by atoms with E-state index in [-0.39, 0.29) is 0 Å². The van der Waals surface area contributed by atoms with Crippen LogP contribution in [0, 0.1) is 0 Å². The van der Waals surface area contributed by atoms with Crippen LogP contribution in [0.25, 0.3) is 0 Å². The van der Waals surface area contributed by atoms with Gasteiger partial charge in [0, 0.05) is 12.2 Å². The first-order valence-electron chi connectivity index (χ1n) is 4.76. The van der Waals surface area contributed by atoms with Crippen molar-refractivity contribution in [3.05, 3.63) is 30.3 Å². The standard InChI is InChI=1S/C10H14N4/c1-2-4-9(5-3-1)12-8-10-11-6-7-13-14-10/h1-5,12-13H,6-8H2,(H,11,14). The van der Waals surface area contributed by atoms with Crippen molar-refractivity contribution in [1.29, 1.82) is 0 Å². The number of benzene rings is 1. The van der Waals surface area contributed by atoms with Gasteiger partial charge >= 0.3 is 0 Å². The second kappa shape index (κ2) is 4.62. The van der Waals surface area contributed by atoms with Gasteiger partial charge in [-0.25, -0.2) is 5.43 Å². The van der Waals surface area contributed by atoms with E-state index in [9.17, 15) is 0 Å². The third-order valence-electron chi connectivity index (χ3n) is 2.01. The van der Waals surface area contributed by atoms with Crippen LogP contribution in [0.1, 0.15) is 0 Å². The van der Waals surface area contributed by atoms with Gasteiger partial charge in [-0.3, -0.25) is 4.99 Å². The van der Waals surface area contributed by atoms with E-state index in [2.05, 4.69) is 21.2 Å². The summed E-state index contributed by atoms with van der Waals surface area (Å²) < 4.78 is 0. The molecule has 0 spiro atoms. The summed E-state index contributed by atoms with van der Waals surface area (Å²) >= 11 is 0. The van der Waals surface area contributed by atoms with Crippen LogP contribution >= 0.6 is 0 Å². The van der Waals surface area contributed by atoms with E-state index in [0.717, 1.165) is 31.2 Å². The van der Waals surface area contributed by atoms with Gasteiger partial charge in [-0.2, -0.15) is 0 Å². The number of hydrogen-bond acceptors (Lipinski definition) is 4. The summed E-state index contributed by atoms with van der Waals surface area (Å²) in [7, 11) is 0. The Bertz CT molecular complexity index is 307. The predicted molar refractivity (Wildman–Crippen MR) is 58.4 cm³/mol. The van der Waals surface area contributed by atoms with Gasteiger partial charge in [0.15, 0.2) is 0 Å². The normalized spacial score (nSPS) is 15.6. The van der Waals surface area contributed by atoms with Crippen LogP contribution < -0.4 is 16.2 Å². The summed E-state index contributed by atoms with van der Waals surface area (Å²) in [6, 6.07) is 10.1. The topological polar surface area (TPSA) is 48.5 Å². The number of nitrogens with zero attached hydrogens (tertiary/aromatic N) is 1. The van der Waals surface area contributed by atoms with Crippen molar-refractivity contribution in [3.8, 4) is 0 Å². The second-order valence-corrected chi connectivity index (χ2v) is 3.10. The fraction of sp³-hybridized carbons (Fsp3) is 0.300. The number of anilines is 1. The molecule has 1 aliphatic rings. The molecule has 0 atom stereocenters. The molecule has 1 aromatic rings. The van der Waals surface area contributed by atoms with Crippen molar-refractivity contribution < 1.29 is 0 Å². The molecule has 0 saturated heterocycles. The maximum Gasteiger partial charge on any atom is 0.130 e. The van der Waals surface area contributed by atoms with Crippen molar-refractivity contribution in [2.45, 2.75) is 0 Å². The van der Waals surface area contributed by atoms with Gasteiger partial charge < -0.3 is 10.7 Å². The highest BCUT2D eigenvalue weighted by Crippen LogP contribution is 2.03. The van der Waals surface area contributed by atoms with Gasteiger partial charge in [0.05, 0.1) is 13.1 Å². The summed E-state index contributed by atoms with van der Waals surface area (Å²) in [6.45, 7) is 2.48. The summed E-state index contributed by atoms with van der Waals surface area (Å²) in [5.41, 5.74) is 7.19. The molecule has 0 aromatic heterocycles. The molecule has 0 fully saturated rings. The molecule has 1 aliphatic heterocycles. The number of nitrogens with one attached hydrogen (secondary N) is 3. The molecule has 0 saturated carbocycles. The van der Waals surface area contributed by atoms with Crippen molar-refractivity contribution in [2.24, 2.45) is 4.99 Å². The van der Waals surface area contributed by atoms with Crippen molar-refractivity contribution in [2.75, 3.05) is 25.0 Å². The number of amidine groups is 1. The fourth-order valence-electron chi connectivity index (χ4n) is 1.29. The summed E-state index contributed by atoms with van der Waals surface area (Å²) in [5.74, 6) is 0.958. The van der Waals surface area contributed by atoms with E-state index < -0.39 is 0 Å². The summed E-state index contributed by atoms with van der Waals surface area (Å²) in [5, 5.41) is 3.28. The molecule has 1 heterocycles. The van der Waals surface area contributed by atoms with E-state index >= 15 is 0 Å². The monoisotopic (exact) mass is 190 g/mol. The minimum absolute atomic E-state index is 0.733. The predicted octanol–water partition coefficient (Wildman–Crippen LogP) is 0.605. The zero-order chi connectivity index (χ0) is 9.64. The van der Waals surface area contributed by atoms with E-state index in [4.69, 9.17) is 0 Å². The first-order valence-corrected chi connectivity index (χ1v) is 4.76.